The van der Waals surface area contributed by atoms with Crippen molar-refractivity contribution in [3.05, 3.63) is 55.8 Å². The number of Topliss-reactive ketones (excluding diaryl/α,β-unsaturated/α-hetero) is 1. The summed E-state index contributed by atoms with van der Waals surface area (Å²) in [6.45, 7) is 0.236. The van der Waals surface area contributed by atoms with Gasteiger partial charge in [-0.1, -0.05) is 17.7 Å². The van der Waals surface area contributed by atoms with Crippen LogP contribution in [0.5, 0.6) is 0 Å². The van der Waals surface area contributed by atoms with Crippen molar-refractivity contribution in [2.24, 2.45) is 0 Å². The van der Waals surface area contributed by atoms with E-state index >= 15 is 0 Å². The summed E-state index contributed by atoms with van der Waals surface area (Å²) in [6, 6.07) is 5.55. The van der Waals surface area contributed by atoms with Gasteiger partial charge < -0.3 is 10.1 Å². The first-order valence-corrected chi connectivity index (χ1v) is 8.61. The standard InChI is InChI=1S/C17H13BrClNO3/c18-9-5-4-8(6-10(9)19)14-15-11(2-1-3-13(15)21)20-12-7-23-17(22)16(12)14/h4-6,14,20H,1-3,7H2. The van der Waals surface area contributed by atoms with Crippen LogP contribution < -0.4 is 5.32 Å². The second-order valence-corrected chi connectivity index (χ2v) is 7.13. The molecule has 0 spiro atoms. The van der Waals surface area contributed by atoms with Gasteiger partial charge in [-0.05, 0) is 46.5 Å². The Balaban J connectivity index is 1.91. The zero-order valence-electron chi connectivity index (χ0n) is 12.1. The fraction of sp³-hybridized carbons (Fsp3) is 0.294. The van der Waals surface area contributed by atoms with Crippen LogP contribution in [0.15, 0.2) is 45.2 Å². The van der Waals surface area contributed by atoms with E-state index in [4.69, 9.17) is 16.3 Å². The Hall–Kier alpha value is -1.59. The summed E-state index contributed by atoms with van der Waals surface area (Å²) in [4.78, 5) is 24.8. The highest BCUT2D eigenvalue weighted by molar-refractivity contribution is 9.10. The average molecular weight is 395 g/mol. The number of nitrogens with one attached hydrogen (secondary N) is 1. The van der Waals surface area contributed by atoms with E-state index < -0.39 is 5.92 Å². The number of allylic oxidation sites excluding steroid dienone is 2. The summed E-state index contributed by atoms with van der Waals surface area (Å²) in [5.41, 5.74) is 3.76. The molecule has 1 unspecified atom stereocenters. The molecule has 23 heavy (non-hydrogen) atoms. The zero-order chi connectivity index (χ0) is 16.1. The number of benzene rings is 1. The van der Waals surface area contributed by atoms with E-state index in [2.05, 4.69) is 21.2 Å². The molecule has 0 bridgehead atoms. The predicted octanol–water partition coefficient (Wildman–Crippen LogP) is 3.61. The molecule has 0 saturated carbocycles. The van der Waals surface area contributed by atoms with Crippen LogP contribution in [-0.4, -0.2) is 18.4 Å². The van der Waals surface area contributed by atoms with Crippen LogP contribution in [0.1, 0.15) is 30.7 Å². The van der Waals surface area contributed by atoms with Crippen LogP contribution in [0.2, 0.25) is 5.02 Å². The van der Waals surface area contributed by atoms with Gasteiger partial charge in [-0.2, -0.15) is 0 Å². The van der Waals surface area contributed by atoms with Crippen LogP contribution in [-0.2, 0) is 14.3 Å². The molecule has 0 fully saturated rings. The van der Waals surface area contributed by atoms with Crippen molar-refractivity contribution < 1.29 is 14.3 Å². The van der Waals surface area contributed by atoms with E-state index in [0.29, 0.717) is 22.6 Å². The van der Waals surface area contributed by atoms with Gasteiger partial charge in [0.15, 0.2) is 5.78 Å². The largest absolute Gasteiger partial charge is 0.456 e. The minimum atomic E-state index is -0.394. The number of carbonyl (C=O) groups excluding carboxylic acids is 2. The number of carbonyl (C=O) groups is 2. The van der Waals surface area contributed by atoms with Gasteiger partial charge in [-0.3, -0.25) is 4.79 Å². The third kappa shape index (κ3) is 2.34. The van der Waals surface area contributed by atoms with Gasteiger partial charge in [0, 0.05) is 28.1 Å². The van der Waals surface area contributed by atoms with Crippen molar-refractivity contribution in [1.29, 1.82) is 0 Å². The Morgan fingerprint density at radius 1 is 1.17 bits per heavy atom. The smallest absolute Gasteiger partial charge is 0.337 e. The van der Waals surface area contributed by atoms with Crippen LogP contribution in [0.4, 0.5) is 0 Å². The summed E-state index contributed by atoms with van der Waals surface area (Å²) in [5, 5.41) is 3.81. The highest BCUT2D eigenvalue weighted by Crippen LogP contribution is 2.45. The Kier molecular flexibility index (Phi) is 3.58. The van der Waals surface area contributed by atoms with Crippen LogP contribution in [0, 0.1) is 0 Å². The molecule has 0 radical (unpaired) electrons. The first kappa shape index (κ1) is 15.0. The Morgan fingerprint density at radius 3 is 2.78 bits per heavy atom. The summed E-state index contributed by atoms with van der Waals surface area (Å²) in [6.07, 6.45) is 2.15. The molecule has 6 heteroatoms. The molecule has 4 rings (SSSR count). The first-order chi connectivity index (χ1) is 11.1. The van der Waals surface area contributed by atoms with Gasteiger partial charge >= 0.3 is 5.97 Å². The van der Waals surface area contributed by atoms with E-state index in [1.165, 1.54) is 0 Å². The lowest BCUT2D eigenvalue weighted by Gasteiger charge is -2.32. The fourth-order valence-electron chi connectivity index (χ4n) is 3.49. The van der Waals surface area contributed by atoms with E-state index in [9.17, 15) is 9.59 Å². The number of ether oxygens (including phenoxy) is 1. The topological polar surface area (TPSA) is 55.4 Å². The number of cyclic esters (lactones) is 1. The van der Waals surface area contributed by atoms with Gasteiger partial charge in [-0.25, -0.2) is 4.79 Å². The first-order valence-electron chi connectivity index (χ1n) is 7.44. The number of dihydropyridines is 1. The van der Waals surface area contributed by atoms with Crippen molar-refractivity contribution >= 4 is 39.3 Å². The average Bonchev–Trinajstić information content (AvgIpc) is 2.90. The minimum absolute atomic E-state index is 0.0917. The molecule has 0 aromatic heterocycles. The molecule has 118 valence electrons. The van der Waals surface area contributed by atoms with Crippen LogP contribution >= 0.6 is 27.5 Å². The fourth-order valence-corrected chi connectivity index (χ4v) is 3.93. The van der Waals surface area contributed by atoms with Crippen molar-refractivity contribution in [2.45, 2.75) is 25.2 Å². The Labute approximate surface area is 146 Å². The molecule has 2 heterocycles. The quantitative estimate of drug-likeness (QED) is 0.739. The molecular formula is C17H13BrClNO3. The molecule has 1 aromatic carbocycles. The molecule has 1 N–H and O–H groups in total. The summed E-state index contributed by atoms with van der Waals surface area (Å²) < 4.78 is 5.97. The van der Waals surface area contributed by atoms with Crippen molar-refractivity contribution in [1.82, 2.24) is 5.32 Å². The monoisotopic (exact) mass is 393 g/mol. The van der Waals surface area contributed by atoms with Gasteiger partial charge in [0.2, 0.25) is 0 Å². The molecule has 1 aromatic rings. The third-order valence-electron chi connectivity index (χ3n) is 4.50. The van der Waals surface area contributed by atoms with Gasteiger partial charge in [-0.15, -0.1) is 0 Å². The van der Waals surface area contributed by atoms with Crippen molar-refractivity contribution in [3.63, 3.8) is 0 Å². The molecule has 2 aliphatic heterocycles. The lowest BCUT2D eigenvalue weighted by Crippen LogP contribution is -2.32. The number of rotatable bonds is 1. The number of esters is 1. The normalized spacial score (nSPS) is 23.5. The van der Waals surface area contributed by atoms with E-state index in [0.717, 1.165) is 34.3 Å². The Bertz CT molecular complexity index is 812. The molecule has 4 nitrogen and oxygen atoms in total. The van der Waals surface area contributed by atoms with Crippen molar-refractivity contribution in [2.75, 3.05) is 6.61 Å². The molecule has 3 aliphatic rings. The minimum Gasteiger partial charge on any atom is -0.456 e. The number of hydrogen-bond acceptors (Lipinski definition) is 4. The molecular weight excluding hydrogens is 382 g/mol. The lowest BCUT2D eigenvalue weighted by molar-refractivity contribution is -0.136. The van der Waals surface area contributed by atoms with Gasteiger partial charge in [0.05, 0.1) is 16.3 Å². The van der Waals surface area contributed by atoms with Crippen LogP contribution in [0.3, 0.4) is 0 Å². The summed E-state index contributed by atoms with van der Waals surface area (Å²) in [7, 11) is 0. The van der Waals surface area contributed by atoms with E-state index in [-0.39, 0.29) is 18.4 Å². The summed E-state index contributed by atoms with van der Waals surface area (Å²) >= 11 is 9.60. The molecule has 0 amide bonds. The molecule has 1 atom stereocenters. The maximum Gasteiger partial charge on any atom is 0.337 e. The molecule has 0 saturated heterocycles. The maximum atomic E-state index is 12.5. The third-order valence-corrected chi connectivity index (χ3v) is 5.74. The lowest BCUT2D eigenvalue weighted by atomic mass is 9.75. The van der Waals surface area contributed by atoms with Crippen LogP contribution in [0.25, 0.3) is 0 Å². The summed E-state index contributed by atoms with van der Waals surface area (Å²) in [5.74, 6) is -0.662. The molecule has 1 aliphatic carbocycles. The number of halogens is 2. The number of hydrogen-bond donors (Lipinski definition) is 1. The maximum absolute atomic E-state index is 12.5. The van der Waals surface area contributed by atoms with Gasteiger partial charge in [0.25, 0.3) is 0 Å². The highest BCUT2D eigenvalue weighted by atomic mass is 79.9. The Morgan fingerprint density at radius 2 is 2.00 bits per heavy atom. The van der Waals surface area contributed by atoms with E-state index in [1.54, 1.807) is 0 Å². The number of ketones is 1. The second-order valence-electron chi connectivity index (χ2n) is 5.87. The predicted molar refractivity (Wildman–Crippen MR) is 88.9 cm³/mol. The van der Waals surface area contributed by atoms with Gasteiger partial charge in [0.1, 0.15) is 6.61 Å². The highest BCUT2D eigenvalue weighted by Gasteiger charge is 2.42. The second kappa shape index (κ2) is 5.49. The van der Waals surface area contributed by atoms with E-state index in [1.807, 2.05) is 18.2 Å². The SMILES string of the molecule is O=C1CCCC2=C1C(c1ccc(Br)c(Cl)c1)C1=C(COC1=O)N2. The van der Waals surface area contributed by atoms with Crippen molar-refractivity contribution in [3.8, 4) is 0 Å². The zero-order valence-corrected chi connectivity index (χ0v) is 14.5.